The van der Waals surface area contributed by atoms with Gasteiger partial charge in [0.2, 0.25) is 0 Å². The molecule has 6 nitrogen and oxygen atoms in total. The van der Waals surface area contributed by atoms with Gasteiger partial charge in [-0.15, -0.1) is 15.3 Å². The lowest BCUT2D eigenvalue weighted by Crippen LogP contribution is -2.49. The van der Waals surface area contributed by atoms with E-state index in [9.17, 15) is 0 Å². The molecule has 0 bridgehead atoms. The molecular weight excluding hydrogens is 252 g/mol. The summed E-state index contributed by atoms with van der Waals surface area (Å²) >= 11 is 0. The topological polar surface area (TPSA) is 49.6 Å². The maximum atomic E-state index is 4.70. The molecule has 2 aromatic heterocycles. The molecule has 1 fully saturated rings. The van der Waals surface area contributed by atoms with E-state index in [0.29, 0.717) is 6.04 Å². The molecule has 0 saturated carbocycles. The predicted molar refractivity (Wildman–Crippen MR) is 79.1 cm³/mol. The number of piperazine rings is 1. The monoisotopic (exact) mass is 274 g/mol. The molecule has 3 heterocycles. The Labute approximate surface area is 119 Å². The Kier molecular flexibility index (Phi) is 3.56. The van der Waals surface area contributed by atoms with Crippen LogP contribution in [-0.2, 0) is 6.42 Å². The van der Waals surface area contributed by atoms with Crippen LogP contribution in [0.2, 0.25) is 0 Å². The molecule has 0 atom stereocenters. The number of fused-ring (bicyclic) bond motifs is 1. The van der Waals surface area contributed by atoms with Crippen LogP contribution in [0.5, 0.6) is 0 Å². The zero-order chi connectivity index (χ0) is 14.1. The Bertz CT molecular complexity index is 582. The van der Waals surface area contributed by atoms with E-state index in [1.165, 1.54) is 0 Å². The Balaban J connectivity index is 1.81. The Morgan fingerprint density at radius 2 is 1.85 bits per heavy atom. The summed E-state index contributed by atoms with van der Waals surface area (Å²) in [5.74, 6) is 1.94. The van der Waals surface area contributed by atoms with Gasteiger partial charge in [-0.25, -0.2) is 0 Å². The number of hydrogen-bond acceptors (Lipinski definition) is 5. The van der Waals surface area contributed by atoms with Crippen molar-refractivity contribution < 1.29 is 0 Å². The summed E-state index contributed by atoms with van der Waals surface area (Å²) in [6.07, 6.45) is 0.846. The van der Waals surface area contributed by atoms with Crippen LogP contribution in [0.15, 0.2) is 12.1 Å². The predicted octanol–water partition coefficient (Wildman–Crippen LogP) is 1.22. The van der Waals surface area contributed by atoms with Crippen LogP contribution in [0.25, 0.3) is 5.65 Å². The highest BCUT2D eigenvalue weighted by Crippen LogP contribution is 2.15. The molecule has 0 amide bonds. The van der Waals surface area contributed by atoms with E-state index in [4.69, 9.17) is 5.10 Å². The first-order valence-corrected chi connectivity index (χ1v) is 7.39. The maximum absolute atomic E-state index is 4.70. The van der Waals surface area contributed by atoms with Crippen molar-refractivity contribution >= 4 is 11.5 Å². The van der Waals surface area contributed by atoms with Crippen molar-refractivity contribution in [1.29, 1.82) is 0 Å². The van der Waals surface area contributed by atoms with Crippen molar-refractivity contribution in [2.24, 2.45) is 0 Å². The van der Waals surface area contributed by atoms with Crippen LogP contribution >= 0.6 is 0 Å². The molecule has 20 heavy (non-hydrogen) atoms. The standard InChI is InChI=1S/C14H22N6/c1-4-12-15-16-13-5-6-14(17-20(12)13)19-9-7-18(8-10-19)11(2)3/h5-6,11H,4,7-10H2,1-3H3. The number of hydrogen-bond donors (Lipinski definition) is 0. The van der Waals surface area contributed by atoms with Crippen molar-refractivity contribution in [2.75, 3.05) is 31.1 Å². The van der Waals surface area contributed by atoms with Crippen LogP contribution in [0.3, 0.4) is 0 Å². The molecule has 108 valence electrons. The quantitative estimate of drug-likeness (QED) is 0.842. The highest BCUT2D eigenvalue weighted by molar-refractivity contribution is 5.46. The van der Waals surface area contributed by atoms with Crippen LogP contribution in [0.4, 0.5) is 5.82 Å². The van der Waals surface area contributed by atoms with Gasteiger partial charge in [0.05, 0.1) is 0 Å². The fraction of sp³-hybridized carbons (Fsp3) is 0.643. The first-order valence-electron chi connectivity index (χ1n) is 7.39. The fourth-order valence-corrected chi connectivity index (χ4v) is 2.68. The van der Waals surface area contributed by atoms with Gasteiger partial charge in [-0.3, -0.25) is 4.90 Å². The van der Waals surface area contributed by atoms with E-state index < -0.39 is 0 Å². The number of anilines is 1. The van der Waals surface area contributed by atoms with Gasteiger partial charge in [0, 0.05) is 38.6 Å². The highest BCUT2D eigenvalue weighted by atomic mass is 15.4. The molecule has 0 aromatic carbocycles. The summed E-state index contributed by atoms with van der Waals surface area (Å²) in [7, 11) is 0. The van der Waals surface area contributed by atoms with Crippen molar-refractivity contribution in [1.82, 2.24) is 24.7 Å². The third-order valence-electron chi connectivity index (χ3n) is 4.00. The van der Waals surface area contributed by atoms with Gasteiger partial charge in [0.25, 0.3) is 0 Å². The fourth-order valence-electron chi connectivity index (χ4n) is 2.68. The molecule has 0 unspecified atom stereocenters. The van der Waals surface area contributed by atoms with Gasteiger partial charge in [-0.2, -0.15) is 4.52 Å². The third-order valence-corrected chi connectivity index (χ3v) is 4.00. The number of aryl methyl sites for hydroxylation is 1. The van der Waals surface area contributed by atoms with E-state index >= 15 is 0 Å². The van der Waals surface area contributed by atoms with Crippen molar-refractivity contribution in [3.63, 3.8) is 0 Å². The van der Waals surface area contributed by atoms with Gasteiger partial charge in [0.15, 0.2) is 11.5 Å². The van der Waals surface area contributed by atoms with E-state index in [2.05, 4.69) is 46.8 Å². The maximum Gasteiger partial charge on any atom is 0.178 e. The summed E-state index contributed by atoms with van der Waals surface area (Å²) in [6.45, 7) is 10.8. The van der Waals surface area contributed by atoms with Gasteiger partial charge < -0.3 is 4.90 Å². The molecule has 0 N–H and O–H groups in total. The Morgan fingerprint density at radius 1 is 1.10 bits per heavy atom. The normalized spacial score (nSPS) is 17.3. The van der Waals surface area contributed by atoms with Crippen LogP contribution in [0, 0.1) is 0 Å². The van der Waals surface area contributed by atoms with Crippen molar-refractivity contribution in [3.8, 4) is 0 Å². The van der Waals surface area contributed by atoms with Crippen LogP contribution in [-0.4, -0.2) is 56.9 Å². The molecule has 1 aliphatic heterocycles. The van der Waals surface area contributed by atoms with Gasteiger partial charge in [-0.1, -0.05) is 6.92 Å². The van der Waals surface area contributed by atoms with E-state index in [1.807, 2.05) is 10.6 Å². The minimum atomic E-state index is 0.622. The summed E-state index contributed by atoms with van der Waals surface area (Å²) in [6, 6.07) is 4.68. The smallest absolute Gasteiger partial charge is 0.178 e. The Morgan fingerprint density at radius 3 is 2.50 bits per heavy atom. The van der Waals surface area contributed by atoms with Crippen LogP contribution in [0.1, 0.15) is 26.6 Å². The van der Waals surface area contributed by atoms with Gasteiger partial charge >= 0.3 is 0 Å². The Hall–Kier alpha value is -1.69. The highest BCUT2D eigenvalue weighted by Gasteiger charge is 2.20. The van der Waals surface area contributed by atoms with Gasteiger partial charge in [0.1, 0.15) is 5.82 Å². The van der Waals surface area contributed by atoms with Crippen molar-refractivity contribution in [2.45, 2.75) is 33.2 Å². The number of rotatable bonds is 3. The van der Waals surface area contributed by atoms with E-state index in [0.717, 1.165) is 49.9 Å². The second-order valence-corrected chi connectivity index (χ2v) is 5.55. The second-order valence-electron chi connectivity index (χ2n) is 5.55. The minimum absolute atomic E-state index is 0.622. The first kappa shape index (κ1) is 13.3. The molecule has 3 rings (SSSR count). The molecule has 6 heteroatoms. The SMILES string of the molecule is CCc1nnc2ccc(N3CCN(C(C)C)CC3)nn12. The summed E-state index contributed by atoms with van der Waals surface area (Å²) in [5, 5.41) is 13.0. The first-order chi connectivity index (χ1) is 9.69. The number of nitrogens with zero attached hydrogens (tertiary/aromatic N) is 6. The molecule has 0 aliphatic carbocycles. The molecule has 1 saturated heterocycles. The third kappa shape index (κ3) is 2.35. The van der Waals surface area contributed by atoms with E-state index in [1.54, 1.807) is 0 Å². The minimum Gasteiger partial charge on any atom is -0.353 e. The zero-order valence-corrected chi connectivity index (χ0v) is 12.5. The molecule has 0 radical (unpaired) electrons. The zero-order valence-electron chi connectivity index (χ0n) is 12.5. The summed E-state index contributed by atoms with van der Waals surface area (Å²) < 4.78 is 1.87. The average Bonchev–Trinajstić information content (AvgIpc) is 2.89. The van der Waals surface area contributed by atoms with E-state index in [-0.39, 0.29) is 0 Å². The lowest BCUT2D eigenvalue weighted by molar-refractivity contribution is 0.209. The molecule has 0 spiro atoms. The number of aromatic nitrogens is 4. The van der Waals surface area contributed by atoms with Gasteiger partial charge in [-0.05, 0) is 26.0 Å². The van der Waals surface area contributed by atoms with Crippen LogP contribution < -0.4 is 4.90 Å². The lowest BCUT2D eigenvalue weighted by Gasteiger charge is -2.37. The van der Waals surface area contributed by atoms with Crippen molar-refractivity contribution in [3.05, 3.63) is 18.0 Å². The largest absolute Gasteiger partial charge is 0.353 e. The average molecular weight is 274 g/mol. The summed E-state index contributed by atoms with van der Waals surface area (Å²) in [5.41, 5.74) is 0.825. The lowest BCUT2D eigenvalue weighted by atomic mass is 10.2. The molecule has 2 aromatic rings. The molecular formula is C14H22N6. The second kappa shape index (κ2) is 5.36. The summed E-state index contributed by atoms with van der Waals surface area (Å²) in [4.78, 5) is 4.85. The molecule has 1 aliphatic rings.